The molecule has 2 aromatic carbocycles. The Morgan fingerprint density at radius 3 is 2.70 bits per heavy atom. The van der Waals surface area contributed by atoms with Gasteiger partial charge in [-0.1, -0.05) is 23.7 Å². The van der Waals surface area contributed by atoms with Gasteiger partial charge in [0.2, 0.25) is 0 Å². The summed E-state index contributed by atoms with van der Waals surface area (Å²) in [5, 5.41) is 0.362. The van der Waals surface area contributed by atoms with E-state index >= 15 is 0 Å². The lowest BCUT2D eigenvalue weighted by Crippen LogP contribution is -2.03. The third-order valence-electron chi connectivity index (χ3n) is 2.86. The van der Waals surface area contributed by atoms with E-state index in [2.05, 4.69) is 15.9 Å². The minimum absolute atomic E-state index is 0.0837. The van der Waals surface area contributed by atoms with Gasteiger partial charge in [-0.3, -0.25) is 0 Å². The van der Waals surface area contributed by atoms with Crippen LogP contribution in [-0.2, 0) is 13.0 Å². The Labute approximate surface area is 130 Å². The van der Waals surface area contributed by atoms with Gasteiger partial charge in [0.25, 0.3) is 0 Å². The minimum Gasteiger partial charge on any atom is -0.488 e. The fourth-order valence-corrected chi connectivity index (χ4v) is 2.56. The van der Waals surface area contributed by atoms with Crippen molar-refractivity contribution in [3.05, 3.63) is 62.8 Å². The Bertz CT molecular complexity index is 586. The molecular formula is C15H14BrClFNO. The molecule has 0 fully saturated rings. The van der Waals surface area contributed by atoms with E-state index < -0.39 is 0 Å². The maximum absolute atomic E-state index is 13.6. The average molecular weight is 359 g/mol. The van der Waals surface area contributed by atoms with Crippen LogP contribution in [0, 0.1) is 5.82 Å². The van der Waals surface area contributed by atoms with E-state index in [0.717, 1.165) is 16.5 Å². The molecule has 0 spiro atoms. The normalized spacial score (nSPS) is 10.6. The van der Waals surface area contributed by atoms with Gasteiger partial charge in [0.15, 0.2) is 0 Å². The predicted molar refractivity (Wildman–Crippen MR) is 82.6 cm³/mol. The number of halogens is 3. The zero-order valence-electron chi connectivity index (χ0n) is 10.7. The highest BCUT2D eigenvalue weighted by Crippen LogP contribution is 2.28. The van der Waals surface area contributed by atoms with Gasteiger partial charge in [0.1, 0.15) is 18.2 Å². The maximum Gasteiger partial charge on any atom is 0.134 e. The van der Waals surface area contributed by atoms with E-state index in [0.29, 0.717) is 22.9 Å². The highest BCUT2D eigenvalue weighted by atomic mass is 79.9. The van der Waals surface area contributed by atoms with Gasteiger partial charge in [-0.2, -0.15) is 0 Å². The fourth-order valence-electron chi connectivity index (χ4n) is 1.80. The molecule has 0 bridgehead atoms. The van der Waals surface area contributed by atoms with Crippen LogP contribution in [0.15, 0.2) is 40.9 Å². The van der Waals surface area contributed by atoms with Crippen LogP contribution >= 0.6 is 27.5 Å². The molecule has 0 saturated carbocycles. The van der Waals surface area contributed by atoms with Crippen LogP contribution in [0.3, 0.4) is 0 Å². The highest BCUT2D eigenvalue weighted by molar-refractivity contribution is 9.10. The van der Waals surface area contributed by atoms with Crippen LogP contribution in [0.2, 0.25) is 5.02 Å². The SMILES string of the molecule is NCCc1ccc(OCc2c(F)cccc2Cl)c(Br)c1. The summed E-state index contributed by atoms with van der Waals surface area (Å²) in [5.41, 5.74) is 6.99. The maximum atomic E-state index is 13.6. The van der Waals surface area contributed by atoms with Gasteiger partial charge in [0.05, 0.1) is 9.50 Å². The van der Waals surface area contributed by atoms with Crippen LogP contribution in [0.4, 0.5) is 4.39 Å². The summed E-state index contributed by atoms with van der Waals surface area (Å²) in [5.74, 6) is 0.276. The van der Waals surface area contributed by atoms with Crippen molar-refractivity contribution in [2.75, 3.05) is 6.54 Å². The van der Waals surface area contributed by atoms with Gasteiger partial charge >= 0.3 is 0 Å². The third kappa shape index (κ3) is 3.72. The van der Waals surface area contributed by atoms with Crippen LogP contribution in [-0.4, -0.2) is 6.54 Å². The molecule has 2 N–H and O–H groups in total. The summed E-state index contributed by atoms with van der Waals surface area (Å²) in [6, 6.07) is 10.3. The molecule has 0 aliphatic carbocycles. The lowest BCUT2D eigenvalue weighted by molar-refractivity contribution is 0.298. The minimum atomic E-state index is -0.367. The van der Waals surface area contributed by atoms with E-state index in [4.69, 9.17) is 22.1 Å². The summed E-state index contributed by atoms with van der Waals surface area (Å²) in [7, 11) is 0. The zero-order chi connectivity index (χ0) is 14.5. The molecule has 20 heavy (non-hydrogen) atoms. The van der Waals surface area contributed by atoms with E-state index in [9.17, 15) is 4.39 Å². The van der Waals surface area contributed by atoms with Gasteiger partial charge in [-0.15, -0.1) is 0 Å². The number of nitrogens with two attached hydrogens (primary N) is 1. The fraction of sp³-hybridized carbons (Fsp3) is 0.200. The Balaban J connectivity index is 2.11. The first-order valence-corrected chi connectivity index (χ1v) is 7.33. The number of hydrogen-bond donors (Lipinski definition) is 1. The number of hydrogen-bond acceptors (Lipinski definition) is 2. The van der Waals surface area contributed by atoms with Crippen LogP contribution in [0.5, 0.6) is 5.75 Å². The van der Waals surface area contributed by atoms with Crippen molar-refractivity contribution < 1.29 is 9.13 Å². The van der Waals surface area contributed by atoms with Gasteiger partial charge in [-0.05, 0) is 58.7 Å². The molecule has 0 aromatic heterocycles. The predicted octanol–water partition coefficient (Wildman–Crippen LogP) is 4.32. The summed E-state index contributed by atoms with van der Waals surface area (Å²) in [4.78, 5) is 0. The van der Waals surface area contributed by atoms with Crippen molar-refractivity contribution in [3.8, 4) is 5.75 Å². The molecule has 2 aromatic rings. The third-order valence-corrected chi connectivity index (χ3v) is 3.84. The molecule has 0 aliphatic rings. The van der Waals surface area contributed by atoms with Gasteiger partial charge in [-0.25, -0.2) is 4.39 Å². The van der Waals surface area contributed by atoms with Crippen LogP contribution in [0.1, 0.15) is 11.1 Å². The van der Waals surface area contributed by atoms with Crippen molar-refractivity contribution >= 4 is 27.5 Å². The largest absolute Gasteiger partial charge is 0.488 e. The molecule has 2 nitrogen and oxygen atoms in total. The summed E-state index contributed by atoms with van der Waals surface area (Å²) in [6.45, 7) is 0.678. The number of rotatable bonds is 5. The Morgan fingerprint density at radius 2 is 2.05 bits per heavy atom. The molecule has 2 rings (SSSR count). The van der Waals surface area contributed by atoms with E-state index in [1.165, 1.54) is 6.07 Å². The number of ether oxygens (including phenoxy) is 1. The smallest absolute Gasteiger partial charge is 0.134 e. The summed E-state index contributed by atoms with van der Waals surface area (Å²) in [6.07, 6.45) is 0.804. The molecule has 106 valence electrons. The summed E-state index contributed by atoms with van der Waals surface area (Å²) >= 11 is 9.39. The van der Waals surface area contributed by atoms with Gasteiger partial charge < -0.3 is 10.5 Å². The lowest BCUT2D eigenvalue weighted by Gasteiger charge is -2.11. The van der Waals surface area contributed by atoms with Crippen molar-refractivity contribution in [2.24, 2.45) is 5.73 Å². The molecule has 0 amide bonds. The average Bonchev–Trinajstić information content (AvgIpc) is 2.40. The van der Waals surface area contributed by atoms with E-state index in [1.54, 1.807) is 12.1 Å². The topological polar surface area (TPSA) is 35.2 Å². The first kappa shape index (κ1) is 15.3. The van der Waals surface area contributed by atoms with E-state index in [1.807, 2.05) is 18.2 Å². The monoisotopic (exact) mass is 357 g/mol. The van der Waals surface area contributed by atoms with Gasteiger partial charge in [0, 0.05) is 5.56 Å². The molecule has 0 saturated heterocycles. The van der Waals surface area contributed by atoms with Crippen molar-refractivity contribution in [1.82, 2.24) is 0 Å². The second kappa shape index (κ2) is 7.07. The first-order valence-electron chi connectivity index (χ1n) is 6.16. The van der Waals surface area contributed by atoms with Crippen molar-refractivity contribution in [2.45, 2.75) is 13.0 Å². The van der Waals surface area contributed by atoms with Crippen LogP contribution in [0.25, 0.3) is 0 Å². The number of benzene rings is 2. The van der Waals surface area contributed by atoms with Crippen molar-refractivity contribution in [1.29, 1.82) is 0 Å². The summed E-state index contributed by atoms with van der Waals surface area (Å²) < 4.78 is 20.1. The standard InChI is InChI=1S/C15H14BrClFNO/c16-12-8-10(6-7-19)4-5-15(12)20-9-11-13(17)2-1-3-14(11)18/h1-5,8H,6-7,9,19H2. The Morgan fingerprint density at radius 1 is 1.25 bits per heavy atom. The molecule has 0 heterocycles. The molecule has 0 unspecified atom stereocenters. The lowest BCUT2D eigenvalue weighted by atomic mass is 10.1. The Hall–Kier alpha value is -1.10. The quantitative estimate of drug-likeness (QED) is 0.864. The molecule has 0 aliphatic heterocycles. The molecular weight excluding hydrogens is 345 g/mol. The Kier molecular flexibility index (Phi) is 5.40. The second-order valence-electron chi connectivity index (χ2n) is 4.29. The van der Waals surface area contributed by atoms with Crippen molar-refractivity contribution in [3.63, 3.8) is 0 Å². The van der Waals surface area contributed by atoms with E-state index in [-0.39, 0.29) is 12.4 Å². The highest BCUT2D eigenvalue weighted by Gasteiger charge is 2.09. The molecule has 0 atom stereocenters. The van der Waals surface area contributed by atoms with Crippen LogP contribution < -0.4 is 10.5 Å². The molecule has 0 radical (unpaired) electrons. The second-order valence-corrected chi connectivity index (χ2v) is 5.55. The molecule has 5 heteroatoms. The first-order chi connectivity index (χ1) is 9.61. The zero-order valence-corrected chi connectivity index (χ0v) is 13.0.